The monoisotopic (exact) mass is 469 g/mol. The van der Waals surface area contributed by atoms with Crippen LogP contribution in [0.3, 0.4) is 0 Å². The van der Waals surface area contributed by atoms with E-state index in [9.17, 15) is 4.79 Å². The molecule has 5 rings (SSSR count). The van der Waals surface area contributed by atoms with Crippen LogP contribution in [0.4, 0.5) is 11.6 Å². The smallest absolute Gasteiger partial charge is 0.258 e. The number of fused-ring (bicyclic) bond motifs is 1. The predicted octanol–water partition coefficient (Wildman–Crippen LogP) is 5.14. The molecule has 1 atom stereocenters. The van der Waals surface area contributed by atoms with Gasteiger partial charge in [0.2, 0.25) is 5.95 Å². The van der Waals surface area contributed by atoms with Crippen molar-refractivity contribution in [3.05, 3.63) is 71.4 Å². The van der Waals surface area contributed by atoms with E-state index in [4.69, 9.17) is 4.98 Å². The SMILES string of the molecule is Cc1cc2c(cc1-c1ccnc(N3CCN(C)CC3)n1)N(C(=O)c1ccccc1)C(C)(C)CC2C. The standard InChI is InChI=1S/C29H35N5O/c1-20-17-24-21(2)19-29(3,4)34(27(35)22-9-7-6-8-10-22)26(24)18-23(20)25-11-12-30-28(31-25)33-15-13-32(5)14-16-33/h6-12,17-18,21H,13-16,19H2,1-5H3. The molecule has 3 heterocycles. The number of benzene rings is 2. The molecule has 1 fully saturated rings. The van der Waals surface area contributed by atoms with Crippen LogP contribution in [-0.2, 0) is 0 Å². The average molecular weight is 470 g/mol. The van der Waals surface area contributed by atoms with Crippen molar-refractivity contribution in [1.29, 1.82) is 0 Å². The maximum absolute atomic E-state index is 13.8. The van der Waals surface area contributed by atoms with Crippen LogP contribution in [0.1, 0.15) is 54.6 Å². The maximum atomic E-state index is 13.8. The summed E-state index contributed by atoms with van der Waals surface area (Å²) in [5.74, 6) is 1.18. The number of carbonyl (C=O) groups is 1. The number of nitrogens with zero attached hydrogens (tertiary/aromatic N) is 5. The molecule has 0 bridgehead atoms. The lowest BCUT2D eigenvalue weighted by atomic mass is 9.78. The lowest BCUT2D eigenvalue weighted by molar-refractivity contribution is 0.0954. The molecule has 0 aliphatic carbocycles. The van der Waals surface area contributed by atoms with Crippen molar-refractivity contribution in [3.8, 4) is 11.3 Å². The molecule has 35 heavy (non-hydrogen) atoms. The third-order valence-corrected chi connectivity index (χ3v) is 7.49. The largest absolute Gasteiger partial charge is 0.338 e. The molecule has 1 aromatic heterocycles. The Morgan fingerprint density at radius 2 is 1.74 bits per heavy atom. The number of hydrogen-bond acceptors (Lipinski definition) is 5. The summed E-state index contributed by atoms with van der Waals surface area (Å²) in [6.07, 6.45) is 2.77. The molecule has 3 aromatic rings. The van der Waals surface area contributed by atoms with Crippen molar-refractivity contribution in [1.82, 2.24) is 14.9 Å². The van der Waals surface area contributed by atoms with Gasteiger partial charge < -0.3 is 14.7 Å². The summed E-state index contributed by atoms with van der Waals surface area (Å²) in [4.78, 5) is 29.9. The van der Waals surface area contributed by atoms with Gasteiger partial charge in [-0.05, 0) is 75.5 Å². The first kappa shape index (κ1) is 23.5. The van der Waals surface area contributed by atoms with Crippen LogP contribution < -0.4 is 9.80 Å². The lowest BCUT2D eigenvalue weighted by Crippen LogP contribution is -2.51. The highest BCUT2D eigenvalue weighted by Crippen LogP contribution is 2.46. The highest BCUT2D eigenvalue weighted by atomic mass is 16.2. The van der Waals surface area contributed by atoms with Crippen LogP contribution in [0.5, 0.6) is 0 Å². The van der Waals surface area contributed by atoms with E-state index < -0.39 is 0 Å². The summed E-state index contributed by atoms with van der Waals surface area (Å²) in [7, 11) is 2.15. The molecule has 1 unspecified atom stereocenters. The Balaban J connectivity index is 1.59. The third kappa shape index (κ3) is 4.43. The summed E-state index contributed by atoms with van der Waals surface area (Å²) < 4.78 is 0. The molecule has 182 valence electrons. The zero-order valence-corrected chi connectivity index (χ0v) is 21.5. The molecule has 0 radical (unpaired) electrons. The van der Waals surface area contributed by atoms with Crippen LogP contribution >= 0.6 is 0 Å². The second-order valence-corrected chi connectivity index (χ2v) is 10.7. The fraction of sp³-hybridized carbons (Fsp3) is 0.414. The van der Waals surface area contributed by atoms with Crippen molar-refractivity contribution in [3.63, 3.8) is 0 Å². The van der Waals surface area contributed by atoms with Crippen LogP contribution in [0.15, 0.2) is 54.7 Å². The summed E-state index contributed by atoms with van der Waals surface area (Å²) in [6.45, 7) is 12.6. The fourth-order valence-electron chi connectivity index (χ4n) is 5.61. The molecule has 0 saturated carbocycles. The average Bonchev–Trinajstić information content (AvgIpc) is 2.84. The molecule has 0 spiro atoms. The van der Waals surface area contributed by atoms with Crippen molar-refractivity contribution in [2.24, 2.45) is 0 Å². The molecular weight excluding hydrogens is 434 g/mol. The van der Waals surface area contributed by atoms with E-state index in [-0.39, 0.29) is 11.4 Å². The van der Waals surface area contributed by atoms with E-state index in [0.29, 0.717) is 11.5 Å². The van der Waals surface area contributed by atoms with E-state index in [2.05, 4.69) is 61.7 Å². The Morgan fingerprint density at radius 3 is 2.46 bits per heavy atom. The van der Waals surface area contributed by atoms with Gasteiger partial charge in [0.1, 0.15) is 0 Å². The summed E-state index contributed by atoms with van der Waals surface area (Å²) in [5, 5.41) is 0. The minimum Gasteiger partial charge on any atom is -0.338 e. The zero-order chi connectivity index (χ0) is 24.7. The van der Waals surface area contributed by atoms with Crippen LogP contribution in [0.2, 0.25) is 0 Å². The summed E-state index contributed by atoms with van der Waals surface area (Å²) in [5.41, 5.74) is 5.75. The first-order chi connectivity index (χ1) is 16.7. The summed E-state index contributed by atoms with van der Waals surface area (Å²) in [6, 6.07) is 16.0. The van der Waals surface area contributed by atoms with Gasteiger partial charge in [-0.25, -0.2) is 9.97 Å². The number of hydrogen-bond donors (Lipinski definition) is 0. The Hall–Kier alpha value is -3.25. The zero-order valence-electron chi connectivity index (χ0n) is 21.5. The van der Waals surface area contributed by atoms with E-state index >= 15 is 0 Å². The molecular formula is C29H35N5O. The van der Waals surface area contributed by atoms with E-state index in [0.717, 1.165) is 55.5 Å². The molecule has 1 amide bonds. The summed E-state index contributed by atoms with van der Waals surface area (Å²) >= 11 is 0. The molecule has 2 aliphatic heterocycles. The topological polar surface area (TPSA) is 52.6 Å². The molecule has 0 N–H and O–H groups in total. The highest BCUT2D eigenvalue weighted by Gasteiger charge is 2.40. The van der Waals surface area contributed by atoms with Gasteiger partial charge in [-0.2, -0.15) is 0 Å². The molecule has 6 nitrogen and oxygen atoms in total. The number of aromatic nitrogens is 2. The van der Waals surface area contributed by atoms with E-state index in [1.165, 1.54) is 11.1 Å². The Kier molecular flexibility index (Phi) is 6.09. The normalized spacial score (nSPS) is 20.0. The van der Waals surface area contributed by atoms with Crippen molar-refractivity contribution >= 4 is 17.5 Å². The minimum atomic E-state index is -0.303. The van der Waals surface area contributed by atoms with Crippen molar-refractivity contribution < 1.29 is 4.79 Å². The molecule has 1 saturated heterocycles. The maximum Gasteiger partial charge on any atom is 0.258 e. The number of likely N-dealkylation sites (N-methyl/N-ethyl adjacent to an activating group) is 1. The fourth-order valence-corrected chi connectivity index (χ4v) is 5.61. The van der Waals surface area contributed by atoms with Gasteiger partial charge in [0.15, 0.2) is 0 Å². The van der Waals surface area contributed by atoms with Crippen LogP contribution in [0, 0.1) is 6.92 Å². The first-order valence-electron chi connectivity index (χ1n) is 12.6. The van der Waals surface area contributed by atoms with Crippen molar-refractivity contribution in [2.45, 2.75) is 45.6 Å². The van der Waals surface area contributed by atoms with Crippen molar-refractivity contribution in [2.75, 3.05) is 43.0 Å². The lowest BCUT2D eigenvalue weighted by Gasteiger charge is -2.46. The minimum absolute atomic E-state index is 0.0411. The number of carbonyl (C=O) groups excluding carboxylic acids is 1. The van der Waals surface area contributed by atoms with Gasteiger partial charge >= 0.3 is 0 Å². The highest BCUT2D eigenvalue weighted by molar-refractivity contribution is 6.08. The Labute approximate surface area is 208 Å². The predicted molar refractivity (Wildman–Crippen MR) is 142 cm³/mol. The van der Waals surface area contributed by atoms with Gasteiger partial charge in [0.25, 0.3) is 5.91 Å². The van der Waals surface area contributed by atoms with Gasteiger partial charge in [0.05, 0.1) is 5.69 Å². The second-order valence-electron chi connectivity index (χ2n) is 10.7. The third-order valence-electron chi connectivity index (χ3n) is 7.49. The quantitative estimate of drug-likeness (QED) is 0.532. The first-order valence-corrected chi connectivity index (χ1v) is 12.6. The van der Waals surface area contributed by atoms with Gasteiger partial charge in [0, 0.05) is 54.7 Å². The number of aryl methyl sites for hydroxylation is 1. The van der Waals surface area contributed by atoms with Crippen LogP contribution in [0.25, 0.3) is 11.3 Å². The van der Waals surface area contributed by atoms with Crippen LogP contribution in [-0.4, -0.2) is 59.5 Å². The second kappa shape index (κ2) is 9.08. The van der Waals surface area contributed by atoms with Gasteiger partial charge in [-0.1, -0.05) is 31.2 Å². The molecule has 2 aliphatic rings. The number of rotatable bonds is 3. The Morgan fingerprint density at radius 1 is 1.03 bits per heavy atom. The van der Waals surface area contributed by atoms with E-state index in [1.54, 1.807) is 0 Å². The molecule has 2 aromatic carbocycles. The number of piperazine rings is 1. The van der Waals surface area contributed by atoms with E-state index in [1.807, 2.05) is 47.5 Å². The number of amides is 1. The van der Waals surface area contributed by atoms with Gasteiger partial charge in [-0.15, -0.1) is 0 Å². The van der Waals surface area contributed by atoms with Gasteiger partial charge in [-0.3, -0.25) is 4.79 Å². The number of anilines is 2. The Bertz CT molecular complexity index is 1230. The molecule has 6 heteroatoms.